The molecule has 0 radical (unpaired) electrons. The number of amides is 1. The van der Waals surface area contributed by atoms with Crippen molar-refractivity contribution in [2.24, 2.45) is 5.92 Å². The van der Waals surface area contributed by atoms with E-state index in [0.717, 1.165) is 31.6 Å². The van der Waals surface area contributed by atoms with Crippen molar-refractivity contribution >= 4 is 11.8 Å². The first-order valence-corrected chi connectivity index (χ1v) is 6.92. The van der Waals surface area contributed by atoms with E-state index in [1.807, 2.05) is 30.3 Å². The third-order valence-corrected chi connectivity index (χ3v) is 3.49. The predicted molar refractivity (Wildman–Crippen MR) is 79.4 cm³/mol. The highest BCUT2D eigenvalue weighted by atomic mass is 16.5. The van der Waals surface area contributed by atoms with E-state index >= 15 is 0 Å². The molecule has 4 nitrogen and oxygen atoms in total. The van der Waals surface area contributed by atoms with Crippen LogP contribution in [0.1, 0.15) is 12.8 Å². The predicted octanol–water partition coefficient (Wildman–Crippen LogP) is 2.58. The number of rotatable bonds is 4. The molecule has 1 saturated heterocycles. The molecule has 1 aromatic carbocycles. The first-order chi connectivity index (χ1) is 9.78. The van der Waals surface area contributed by atoms with Gasteiger partial charge in [0.25, 0.3) is 0 Å². The molecular formula is C16H20N2O2. The van der Waals surface area contributed by atoms with Gasteiger partial charge in [0.2, 0.25) is 0 Å². The lowest BCUT2D eigenvalue weighted by molar-refractivity contribution is 0.109. The number of benzene rings is 1. The van der Waals surface area contributed by atoms with E-state index < -0.39 is 0 Å². The van der Waals surface area contributed by atoms with Gasteiger partial charge in [0.05, 0.1) is 13.2 Å². The fourth-order valence-corrected chi connectivity index (χ4v) is 2.31. The molecule has 0 unspecified atom stereocenters. The first-order valence-electron chi connectivity index (χ1n) is 6.92. The molecule has 0 bridgehead atoms. The summed E-state index contributed by atoms with van der Waals surface area (Å²) >= 11 is 0. The van der Waals surface area contributed by atoms with Gasteiger partial charge in [-0.3, -0.25) is 10.2 Å². The number of para-hydroxylation sites is 1. The number of terminal acetylenes is 1. The van der Waals surface area contributed by atoms with Gasteiger partial charge in [-0.1, -0.05) is 24.1 Å². The van der Waals surface area contributed by atoms with E-state index in [1.165, 1.54) is 0 Å². The molecule has 0 aromatic heterocycles. The Morgan fingerprint density at radius 1 is 1.35 bits per heavy atom. The molecule has 1 aliphatic heterocycles. The summed E-state index contributed by atoms with van der Waals surface area (Å²) in [5, 5.41) is 2.71. The Morgan fingerprint density at radius 3 is 2.70 bits per heavy atom. The lowest BCUT2D eigenvalue weighted by Gasteiger charge is -2.30. The molecule has 0 atom stereocenters. The highest BCUT2D eigenvalue weighted by molar-refractivity contribution is 5.84. The molecule has 0 spiro atoms. The number of carbonyl (C=O) groups is 1. The molecule has 4 heteroatoms. The highest BCUT2D eigenvalue weighted by Crippen LogP contribution is 2.17. The zero-order valence-corrected chi connectivity index (χ0v) is 11.5. The van der Waals surface area contributed by atoms with Crippen LogP contribution in [-0.2, 0) is 4.74 Å². The summed E-state index contributed by atoms with van der Waals surface area (Å²) in [6.45, 7) is 3.15. The lowest BCUT2D eigenvalue weighted by Crippen LogP contribution is -2.35. The molecule has 1 aromatic rings. The summed E-state index contributed by atoms with van der Waals surface area (Å²) in [4.78, 5) is 13.9. The van der Waals surface area contributed by atoms with Crippen LogP contribution in [0.3, 0.4) is 0 Å². The molecule has 1 heterocycles. The van der Waals surface area contributed by atoms with Crippen molar-refractivity contribution in [3.63, 3.8) is 0 Å². The van der Waals surface area contributed by atoms with Gasteiger partial charge >= 0.3 is 6.09 Å². The summed E-state index contributed by atoms with van der Waals surface area (Å²) in [6, 6.07) is 9.31. The third kappa shape index (κ3) is 4.60. The second-order valence-corrected chi connectivity index (χ2v) is 5.01. The van der Waals surface area contributed by atoms with E-state index in [1.54, 1.807) is 0 Å². The molecule has 106 valence electrons. The first kappa shape index (κ1) is 14.4. The number of ether oxygens (including phenoxy) is 1. The summed E-state index contributed by atoms with van der Waals surface area (Å²) in [5.41, 5.74) is 0.751. The minimum absolute atomic E-state index is 0.387. The fourth-order valence-electron chi connectivity index (χ4n) is 2.31. The van der Waals surface area contributed by atoms with E-state index in [9.17, 15) is 4.79 Å². The normalized spacial score (nSPS) is 16.4. The van der Waals surface area contributed by atoms with Gasteiger partial charge < -0.3 is 4.74 Å². The molecule has 1 amide bonds. The van der Waals surface area contributed by atoms with Crippen molar-refractivity contribution in [1.82, 2.24) is 4.90 Å². The number of anilines is 1. The topological polar surface area (TPSA) is 41.6 Å². The summed E-state index contributed by atoms with van der Waals surface area (Å²) in [5.74, 6) is 3.10. The monoisotopic (exact) mass is 272 g/mol. The Labute approximate surface area is 120 Å². The van der Waals surface area contributed by atoms with Crippen molar-refractivity contribution in [1.29, 1.82) is 0 Å². The Hall–Kier alpha value is -1.99. The number of nitrogens with zero attached hydrogens (tertiary/aromatic N) is 1. The third-order valence-electron chi connectivity index (χ3n) is 3.49. The standard InChI is InChI=1S/C16H20N2O2/c1-2-10-18-11-8-14(9-12-18)13-20-16(19)17-15-6-4-3-5-7-15/h1,3-7,14H,8-13H2,(H,17,19). The van der Waals surface area contributed by atoms with Crippen molar-refractivity contribution in [3.05, 3.63) is 30.3 Å². The largest absolute Gasteiger partial charge is 0.449 e. The van der Waals surface area contributed by atoms with Gasteiger partial charge in [-0.2, -0.15) is 0 Å². The average Bonchev–Trinajstić information content (AvgIpc) is 2.48. The van der Waals surface area contributed by atoms with Crippen LogP contribution < -0.4 is 5.32 Å². The number of hydrogen-bond donors (Lipinski definition) is 1. The minimum atomic E-state index is -0.387. The molecule has 20 heavy (non-hydrogen) atoms. The molecule has 1 fully saturated rings. The maximum atomic E-state index is 11.7. The quantitative estimate of drug-likeness (QED) is 0.857. The Bertz CT molecular complexity index is 459. The van der Waals surface area contributed by atoms with Crippen LogP contribution in [0.4, 0.5) is 10.5 Å². The van der Waals surface area contributed by atoms with Gasteiger partial charge in [0, 0.05) is 5.69 Å². The maximum Gasteiger partial charge on any atom is 0.411 e. The fraction of sp³-hybridized carbons (Fsp3) is 0.438. The van der Waals surface area contributed by atoms with Crippen molar-refractivity contribution < 1.29 is 9.53 Å². The lowest BCUT2D eigenvalue weighted by atomic mass is 9.98. The van der Waals surface area contributed by atoms with Crippen LogP contribution >= 0.6 is 0 Å². The van der Waals surface area contributed by atoms with Crippen LogP contribution in [0, 0.1) is 18.3 Å². The van der Waals surface area contributed by atoms with E-state index in [2.05, 4.69) is 16.1 Å². The number of carbonyl (C=O) groups excluding carboxylic acids is 1. The number of likely N-dealkylation sites (tertiary alicyclic amines) is 1. The van der Waals surface area contributed by atoms with Crippen LogP contribution in [0.15, 0.2) is 30.3 Å². The molecule has 0 saturated carbocycles. The van der Waals surface area contributed by atoms with E-state index in [4.69, 9.17) is 11.2 Å². The Morgan fingerprint density at radius 2 is 2.05 bits per heavy atom. The second-order valence-electron chi connectivity index (χ2n) is 5.01. The van der Waals surface area contributed by atoms with Crippen LogP contribution in [0.5, 0.6) is 0 Å². The molecule has 2 rings (SSSR count). The van der Waals surface area contributed by atoms with Gasteiger partial charge in [-0.05, 0) is 44.0 Å². The average molecular weight is 272 g/mol. The Kier molecular flexibility index (Phi) is 5.45. The summed E-state index contributed by atoms with van der Waals surface area (Å²) in [7, 11) is 0. The molecule has 1 aliphatic rings. The van der Waals surface area contributed by atoms with Crippen LogP contribution in [0.25, 0.3) is 0 Å². The van der Waals surface area contributed by atoms with E-state index in [-0.39, 0.29) is 6.09 Å². The van der Waals surface area contributed by atoms with Crippen molar-refractivity contribution in [2.75, 3.05) is 31.6 Å². The van der Waals surface area contributed by atoms with Crippen LogP contribution in [-0.4, -0.2) is 37.2 Å². The smallest absolute Gasteiger partial charge is 0.411 e. The van der Waals surface area contributed by atoms with E-state index in [0.29, 0.717) is 19.1 Å². The molecule has 1 N–H and O–H groups in total. The zero-order valence-electron chi connectivity index (χ0n) is 11.5. The summed E-state index contributed by atoms with van der Waals surface area (Å²) in [6.07, 6.45) is 6.97. The van der Waals surface area contributed by atoms with Gasteiger partial charge in [0.1, 0.15) is 0 Å². The molecular weight excluding hydrogens is 252 g/mol. The highest BCUT2D eigenvalue weighted by Gasteiger charge is 2.19. The second kappa shape index (κ2) is 7.56. The van der Waals surface area contributed by atoms with Crippen LogP contribution in [0.2, 0.25) is 0 Å². The zero-order chi connectivity index (χ0) is 14.2. The number of hydrogen-bond acceptors (Lipinski definition) is 3. The van der Waals surface area contributed by atoms with Crippen molar-refractivity contribution in [2.45, 2.75) is 12.8 Å². The van der Waals surface area contributed by atoms with Gasteiger partial charge in [-0.25, -0.2) is 4.79 Å². The summed E-state index contributed by atoms with van der Waals surface area (Å²) < 4.78 is 5.27. The number of piperidine rings is 1. The van der Waals surface area contributed by atoms with Gasteiger partial charge in [0.15, 0.2) is 0 Å². The molecule has 0 aliphatic carbocycles. The SMILES string of the molecule is C#CCN1CCC(COC(=O)Nc2ccccc2)CC1. The minimum Gasteiger partial charge on any atom is -0.449 e. The maximum absolute atomic E-state index is 11.7. The number of nitrogens with one attached hydrogen (secondary N) is 1. The van der Waals surface area contributed by atoms with Crippen molar-refractivity contribution in [3.8, 4) is 12.3 Å². The van der Waals surface area contributed by atoms with Gasteiger partial charge in [-0.15, -0.1) is 6.42 Å². The Balaban J connectivity index is 1.66.